The van der Waals surface area contributed by atoms with Crippen molar-refractivity contribution in [3.05, 3.63) is 28.8 Å². The van der Waals surface area contributed by atoms with Gasteiger partial charge in [-0.05, 0) is 37.0 Å². The molecule has 0 fully saturated rings. The second-order valence-electron chi connectivity index (χ2n) is 5.87. The van der Waals surface area contributed by atoms with Crippen LogP contribution in [0, 0.1) is 0 Å². The molecular weight excluding hydrogens is 404 g/mol. The van der Waals surface area contributed by atoms with Gasteiger partial charge < -0.3 is 10.2 Å². The SMILES string of the molecule is CCCc1c(CSc2nnc(SCCCC(=O)O)s2)ccc(C(C)=O)c1O. The lowest BCUT2D eigenvalue weighted by atomic mass is 9.98. The van der Waals surface area contributed by atoms with E-state index in [9.17, 15) is 14.7 Å². The molecule has 0 saturated heterocycles. The first-order valence-electron chi connectivity index (χ1n) is 8.57. The van der Waals surface area contributed by atoms with Gasteiger partial charge in [0.15, 0.2) is 14.5 Å². The molecule has 2 N–H and O–H groups in total. The van der Waals surface area contributed by atoms with Crippen LogP contribution in [-0.4, -0.2) is 37.9 Å². The number of Topliss-reactive ketones (excluding diaryl/α,β-unsaturated/α-hetero) is 1. The molecule has 6 nitrogen and oxygen atoms in total. The highest BCUT2D eigenvalue weighted by molar-refractivity contribution is 8.02. The van der Waals surface area contributed by atoms with Crippen LogP contribution in [0.2, 0.25) is 0 Å². The average molecular weight is 427 g/mol. The Morgan fingerprint density at radius 3 is 2.52 bits per heavy atom. The average Bonchev–Trinajstić information content (AvgIpc) is 3.06. The predicted molar refractivity (Wildman–Crippen MR) is 109 cm³/mol. The lowest BCUT2D eigenvalue weighted by Gasteiger charge is -2.12. The Bertz CT molecular complexity index is 808. The van der Waals surface area contributed by atoms with Crippen molar-refractivity contribution in [2.75, 3.05) is 5.75 Å². The number of hydrogen-bond donors (Lipinski definition) is 2. The van der Waals surface area contributed by atoms with Gasteiger partial charge in [-0.15, -0.1) is 10.2 Å². The molecule has 146 valence electrons. The van der Waals surface area contributed by atoms with E-state index in [-0.39, 0.29) is 18.0 Å². The number of benzene rings is 1. The molecule has 0 aliphatic carbocycles. The molecule has 0 saturated carbocycles. The second kappa shape index (κ2) is 10.7. The Morgan fingerprint density at radius 2 is 1.89 bits per heavy atom. The van der Waals surface area contributed by atoms with Crippen LogP contribution < -0.4 is 0 Å². The number of nitrogens with zero attached hydrogens (tertiary/aromatic N) is 2. The van der Waals surface area contributed by atoms with Gasteiger partial charge in [0.05, 0.1) is 5.56 Å². The van der Waals surface area contributed by atoms with E-state index in [1.165, 1.54) is 30.0 Å². The Kier molecular flexibility index (Phi) is 8.59. The largest absolute Gasteiger partial charge is 0.507 e. The molecule has 0 bridgehead atoms. The monoisotopic (exact) mass is 426 g/mol. The van der Waals surface area contributed by atoms with Crippen molar-refractivity contribution in [2.45, 2.75) is 54.0 Å². The predicted octanol–water partition coefficient (Wildman–Crippen LogP) is 4.65. The van der Waals surface area contributed by atoms with Crippen molar-refractivity contribution in [1.82, 2.24) is 10.2 Å². The summed E-state index contributed by atoms with van der Waals surface area (Å²) >= 11 is 4.54. The summed E-state index contributed by atoms with van der Waals surface area (Å²) in [4.78, 5) is 22.2. The quantitative estimate of drug-likeness (QED) is 0.304. The number of rotatable bonds is 11. The van der Waals surface area contributed by atoms with E-state index in [4.69, 9.17) is 5.11 Å². The number of ketones is 1. The van der Waals surface area contributed by atoms with Gasteiger partial charge in [-0.25, -0.2) is 0 Å². The van der Waals surface area contributed by atoms with E-state index in [1.54, 1.807) is 17.8 Å². The van der Waals surface area contributed by atoms with Gasteiger partial charge in [0.2, 0.25) is 0 Å². The molecule has 1 heterocycles. The Morgan fingerprint density at radius 1 is 1.19 bits per heavy atom. The third-order valence-electron chi connectivity index (χ3n) is 3.76. The van der Waals surface area contributed by atoms with Gasteiger partial charge in [-0.2, -0.15) is 0 Å². The molecule has 1 aromatic heterocycles. The second-order valence-corrected chi connectivity index (χ2v) is 9.42. The smallest absolute Gasteiger partial charge is 0.303 e. The zero-order valence-corrected chi connectivity index (χ0v) is 17.7. The fourth-order valence-electron chi connectivity index (χ4n) is 2.46. The van der Waals surface area contributed by atoms with Crippen LogP contribution in [0.1, 0.15) is 54.6 Å². The molecule has 0 unspecified atom stereocenters. The van der Waals surface area contributed by atoms with Crippen LogP contribution in [0.25, 0.3) is 0 Å². The number of carbonyl (C=O) groups excluding carboxylic acids is 1. The van der Waals surface area contributed by atoms with Gasteiger partial charge in [0.25, 0.3) is 0 Å². The number of aromatic hydroxyl groups is 1. The van der Waals surface area contributed by atoms with E-state index in [0.717, 1.165) is 26.2 Å². The van der Waals surface area contributed by atoms with Crippen LogP contribution >= 0.6 is 34.9 Å². The summed E-state index contributed by atoms with van der Waals surface area (Å²) in [7, 11) is 0. The molecule has 0 radical (unpaired) electrons. The van der Waals surface area contributed by atoms with Gasteiger partial charge in [0, 0.05) is 17.9 Å². The van der Waals surface area contributed by atoms with E-state index in [1.807, 2.05) is 13.0 Å². The molecule has 9 heteroatoms. The molecule has 0 amide bonds. The Balaban J connectivity index is 1.99. The first-order valence-corrected chi connectivity index (χ1v) is 11.4. The lowest BCUT2D eigenvalue weighted by molar-refractivity contribution is -0.137. The highest BCUT2D eigenvalue weighted by atomic mass is 32.2. The summed E-state index contributed by atoms with van der Waals surface area (Å²) in [6, 6.07) is 3.58. The number of hydrogen-bond acceptors (Lipinski definition) is 8. The van der Waals surface area contributed by atoms with Crippen LogP contribution in [-0.2, 0) is 17.0 Å². The zero-order chi connectivity index (χ0) is 19.8. The van der Waals surface area contributed by atoms with Crippen molar-refractivity contribution in [1.29, 1.82) is 0 Å². The molecule has 1 aromatic carbocycles. The van der Waals surface area contributed by atoms with Gasteiger partial charge >= 0.3 is 5.97 Å². The third-order valence-corrected chi connectivity index (χ3v) is 7.08. The number of carboxylic acid groups (broad SMARTS) is 1. The van der Waals surface area contributed by atoms with Crippen LogP contribution in [0.4, 0.5) is 0 Å². The maximum absolute atomic E-state index is 11.6. The molecule has 2 aromatic rings. The molecule has 27 heavy (non-hydrogen) atoms. The number of carboxylic acids is 1. The van der Waals surface area contributed by atoms with E-state index in [2.05, 4.69) is 10.2 Å². The first kappa shape index (κ1) is 21.7. The maximum atomic E-state index is 11.6. The van der Waals surface area contributed by atoms with Crippen LogP contribution in [0.15, 0.2) is 20.8 Å². The molecular formula is C18H22N2O4S3. The maximum Gasteiger partial charge on any atom is 0.303 e. The Labute approximate surface area is 170 Å². The van der Waals surface area contributed by atoms with Gasteiger partial charge in [-0.3, -0.25) is 9.59 Å². The number of aliphatic carboxylic acids is 1. The fraction of sp³-hybridized carbons (Fsp3) is 0.444. The van der Waals surface area contributed by atoms with Crippen molar-refractivity contribution < 1.29 is 19.8 Å². The van der Waals surface area contributed by atoms with Crippen molar-refractivity contribution in [3.63, 3.8) is 0 Å². The minimum atomic E-state index is -0.786. The van der Waals surface area contributed by atoms with Crippen LogP contribution in [0.5, 0.6) is 5.75 Å². The third kappa shape index (κ3) is 6.51. The number of phenolic OH excluding ortho intramolecular Hbond substituents is 1. The van der Waals surface area contributed by atoms with Gasteiger partial charge in [-0.1, -0.05) is 54.3 Å². The number of aromatic nitrogens is 2. The first-order chi connectivity index (χ1) is 12.9. The normalized spacial score (nSPS) is 10.9. The van der Waals surface area contributed by atoms with Crippen molar-refractivity contribution in [3.8, 4) is 5.75 Å². The number of thioether (sulfide) groups is 2. The minimum Gasteiger partial charge on any atom is -0.507 e. The molecule has 2 rings (SSSR count). The van der Waals surface area contributed by atoms with Crippen LogP contribution in [0.3, 0.4) is 0 Å². The summed E-state index contributed by atoms with van der Waals surface area (Å²) in [5, 5.41) is 27.4. The zero-order valence-electron chi connectivity index (χ0n) is 15.2. The molecule has 0 aliphatic rings. The van der Waals surface area contributed by atoms with Gasteiger partial charge in [0.1, 0.15) is 5.75 Å². The fourth-order valence-corrected chi connectivity index (χ4v) is 5.52. The summed E-state index contributed by atoms with van der Waals surface area (Å²) in [6.07, 6.45) is 2.35. The summed E-state index contributed by atoms with van der Waals surface area (Å²) in [6.45, 7) is 3.49. The van der Waals surface area contributed by atoms with E-state index >= 15 is 0 Å². The lowest BCUT2D eigenvalue weighted by Crippen LogP contribution is -2.00. The summed E-state index contributed by atoms with van der Waals surface area (Å²) < 4.78 is 1.65. The number of carbonyl (C=O) groups is 2. The molecule has 0 atom stereocenters. The van der Waals surface area contributed by atoms with E-state index in [0.29, 0.717) is 29.9 Å². The number of phenols is 1. The topological polar surface area (TPSA) is 100 Å². The summed E-state index contributed by atoms with van der Waals surface area (Å²) in [5.74, 6) is 0.504. The molecule has 0 spiro atoms. The standard InChI is InChI=1S/C18H22N2O4S3/c1-3-5-14-12(7-8-13(11(2)21)16(14)24)10-26-18-20-19-17(27-18)25-9-4-6-15(22)23/h7-8,24H,3-6,9-10H2,1-2H3,(H,22,23). The van der Waals surface area contributed by atoms with Crippen molar-refractivity contribution in [2.24, 2.45) is 0 Å². The highest BCUT2D eigenvalue weighted by Crippen LogP contribution is 2.34. The van der Waals surface area contributed by atoms with E-state index < -0.39 is 5.97 Å². The summed E-state index contributed by atoms with van der Waals surface area (Å²) in [5.41, 5.74) is 2.18. The minimum absolute atomic E-state index is 0.0920. The van der Waals surface area contributed by atoms with Crippen molar-refractivity contribution >= 4 is 46.6 Å². The Hall–Kier alpha value is -1.58. The highest BCUT2D eigenvalue weighted by Gasteiger charge is 2.16. The molecule has 0 aliphatic heterocycles.